The third-order valence-electron chi connectivity index (χ3n) is 5.02. The Morgan fingerprint density at radius 1 is 1.27 bits per heavy atom. The van der Waals surface area contributed by atoms with Crippen LogP contribution in [0.4, 0.5) is 0 Å². The fraction of sp³-hybridized carbons (Fsp3) is 0.529. The van der Waals surface area contributed by atoms with Crippen LogP contribution in [0.25, 0.3) is 0 Å². The predicted molar refractivity (Wildman–Crippen MR) is 85.3 cm³/mol. The topological polar surface area (TPSA) is 63.4 Å². The Balaban J connectivity index is 1.74. The van der Waals surface area contributed by atoms with Gasteiger partial charge in [-0.05, 0) is 37.0 Å². The molecule has 0 aromatic heterocycles. The zero-order valence-electron chi connectivity index (χ0n) is 12.6. The molecule has 0 radical (unpaired) electrons. The van der Waals surface area contributed by atoms with Gasteiger partial charge in [-0.15, -0.1) is 0 Å². The molecule has 118 valence electrons. The van der Waals surface area contributed by atoms with Gasteiger partial charge in [-0.3, -0.25) is 9.59 Å². The van der Waals surface area contributed by atoms with E-state index in [1.54, 1.807) is 4.90 Å². The average Bonchev–Trinajstić information content (AvgIpc) is 2.86. The summed E-state index contributed by atoms with van der Waals surface area (Å²) in [7, 11) is 0. The molecule has 2 aliphatic rings. The third kappa shape index (κ3) is 2.84. The number of amides is 2. The summed E-state index contributed by atoms with van der Waals surface area (Å²) in [5, 5.41) is 0.704. The first-order chi connectivity index (χ1) is 10.5. The molecule has 22 heavy (non-hydrogen) atoms. The minimum atomic E-state index is -0.326. The number of hydrogen-bond donors (Lipinski definition) is 1. The molecule has 1 aliphatic carbocycles. The monoisotopic (exact) mass is 320 g/mol. The van der Waals surface area contributed by atoms with Crippen LogP contribution in [0.2, 0.25) is 5.02 Å². The fourth-order valence-corrected chi connectivity index (χ4v) is 3.93. The molecule has 0 unspecified atom stereocenters. The highest BCUT2D eigenvalue weighted by Crippen LogP contribution is 2.43. The van der Waals surface area contributed by atoms with E-state index >= 15 is 0 Å². The van der Waals surface area contributed by atoms with Crippen molar-refractivity contribution in [3.05, 3.63) is 34.9 Å². The highest BCUT2D eigenvalue weighted by Gasteiger charge is 2.47. The summed E-state index contributed by atoms with van der Waals surface area (Å²) in [4.78, 5) is 25.9. The number of halogens is 1. The molecule has 0 spiro atoms. The molecule has 5 heteroatoms. The molecule has 4 nitrogen and oxygen atoms in total. The Morgan fingerprint density at radius 2 is 1.95 bits per heavy atom. The van der Waals surface area contributed by atoms with Crippen molar-refractivity contribution in [2.24, 2.45) is 17.1 Å². The van der Waals surface area contributed by atoms with E-state index in [9.17, 15) is 9.59 Å². The molecule has 2 N–H and O–H groups in total. The van der Waals surface area contributed by atoms with Gasteiger partial charge in [0, 0.05) is 18.1 Å². The van der Waals surface area contributed by atoms with Crippen molar-refractivity contribution in [3.63, 3.8) is 0 Å². The Morgan fingerprint density at radius 3 is 2.55 bits per heavy atom. The van der Waals surface area contributed by atoms with Crippen LogP contribution >= 0.6 is 11.6 Å². The van der Waals surface area contributed by atoms with Crippen LogP contribution in [0.1, 0.15) is 31.2 Å². The first-order valence-corrected chi connectivity index (χ1v) is 8.21. The quantitative estimate of drug-likeness (QED) is 0.925. The lowest BCUT2D eigenvalue weighted by Gasteiger charge is -2.43. The van der Waals surface area contributed by atoms with Crippen molar-refractivity contribution in [3.8, 4) is 0 Å². The molecular formula is C17H21ClN2O2. The van der Waals surface area contributed by atoms with Crippen LogP contribution in [0, 0.1) is 11.3 Å². The summed E-state index contributed by atoms with van der Waals surface area (Å²) in [5.41, 5.74) is 6.08. The molecule has 2 amide bonds. The number of hydrogen-bond acceptors (Lipinski definition) is 2. The molecule has 1 aliphatic heterocycles. The molecule has 1 saturated heterocycles. The third-order valence-corrected chi connectivity index (χ3v) is 5.25. The van der Waals surface area contributed by atoms with Crippen LogP contribution in [0.3, 0.4) is 0 Å². The minimum absolute atomic E-state index is 0.173. The zero-order valence-corrected chi connectivity index (χ0v) is 13.3. The molecule has 3 rings (SSSR count). The van der Waals surface area contributed by atoms with Gasteiger partial charge in [0.25, 0.3) is 0 Å². The second kappa shape index (κ2) is 5.92. The summed E-state index contributed by atoms with van der Waals surface area (Å²) in [6.07, 6.45) is 4.72. The van der Waals surface area contributed by atoms with E-state index in [4.69, 9.17) is 17.3 Å². The maximum atomic E-state index is 12.9. The van der Waals surface area contributed by atoms with Crippen molar-refractivity contribution in [2.75, 3.05) is 13.1 Å². The van der Waals surface area contributed by atoms with E-state index in [0.717, 1.165) is 37.7 Å². The van der Waals surface area contributed by atoms with E-state index in [1.165, 1.54) is 0 Å². The number of nitrogens with two attached hydrogens (primary N) is 1. The largest absolute Gasteiger partial charge is 0.369 e. The van der Waals surface area contributed by atoms with Crippen LogP contribution in [0.5, 0.6) is 0 Å². The first-order valence-electron chi connectivity index (χ1n) is 7.83. The number of nitrogens with zero attached hydrogens (tertiary/aromatic N) is 1. The lowest BCUT2D eigenvalue weighted by molar-refractivity contribution is -0.151. The second-order valence-electron chi connectivity index (χ2n) is 6.60. The maximum Gasteiger partial charge on any atom is 0.229 e. The van der Waals surface area contributed by atoms with Crippen LogP contribution in [0.15, 0.2) is 24.3 Å². The van der Waals surface area contributed by atoms with Crippen molar-refractivity contribution < 1.29 is 9.59 Å². The number of primary amides is 1. The number of likely N-dealkylation sites (tertiary alicyclic amines) is 1. The molecule has 1 heterocycles. The summed E-state index contributed by atoms with van der Waals surface area (Å²) in [5.74, 6) is -0.296. The van der Waals surface area contributed by atoms with Gasteiger partial charge >= 0.3 is 0 Å². The number of carbonyl (C=O) groups excluding carboxylic acids is 2. The number of rotatable bonds is 4. The Kier molecular flexibility index (Phi) is 4.13. The van der Waals surface area contributed by atoms with Crippen molar-refractivity contribution in [1.82, 2.24) is 4.90 Å². The van der Waals surface area contributed by atoms with Gasteiger partial charge in [-0.1, -0.05) is 36.6 Å². The van der Waals surface area contributed by atoms with Gasteiger partial charge in [0.1, 0.15) is 0 Å². The predicted octanol–water partition coefficient (Wildman–Crippen LogP) is 2.39. The molecular weight excluding hydrogens is 300 g/mol. The van der Waals surface area contributed by atoms with Crippen LogP contribution in [-0.4, -0.2) is 29.8 Å². The highest BCUT2D eigenvalue weighted by atomic mass is 35.5. The lowest BCUT2D eigenvalue weighted by atomic mass is 9.77. The van der Waals surface area contributed by atoms with Crippen LogP contribution in [-0.2, 0) is 16.0 Å². The molecule has 0 atom stereocenters. The molecule has 2 fully saturated rings. The first kappa shape index (κ1) is 15.3. The number of carbonyl (C=O) groups is 2. The fourth-order valence-electron chi connectivity index (χ4n) is 3.72. The van der Waals surface area contributed by atoms with Gasteiger partial charge in [-0.25, -0.2) is 0 Å². The molecule has 1 aromatic carbocycles. The number of benzene rings is 1. The van der Waals surface area contributed by atoms with Gasteiger partial charge in [0.15, 0.2) is 0 Å². The van der Waals surface area contributed by atoms with Crippen molar-refractivity contribution in [1.29, 1.82) is 0 Å². The Hall–Kier alpha value is -1.55. The Bertz CT molecular complexity index is 590. The lowest BCUT2D eigenvalue weighted by Crippen LogP contribution is -2.58. The maximum absolute atomic E-state index is 12.9. The van der Waals surface area contributed by atoms with E-state index in [2.05, 4.69) is 0 Å². The SMILES string of the molecule is NC(=O)C1CN(C(=O)C2(Cc3cccc(Cl)c3)CCCC2)C1. The van der Waals surface area contributed by atoms with Gasteiger partial charge < -0.3 is 10.6 Å². The summed E-state index contributed by atoms with van der Waals surface area (Å²) >= 11 is 6.06. The normalized spacial score (nSPS) is 20.7. The van der Waals surface area contributed by atoms with Crippen molar-refractivity contribution >= 4 is 23.4 Å². The smallest absolute Gasteiger partial charge is 0.229 e. The molecule has 0 bridgehead atoms. The van der Waals surface area contributed by atoms with E-state index in [-0.39, 0.29) is 23.1 Å². The molecule has 1 saturated carbocycles. The highest BCUT2D eigenvalue weighted by molar-refractivity contribution is 6.30. The van der Waals surface area contributed by atoms with Gasteiger partial charge in [0.05, 0.1) is 11.3 Å². The van der Waals surface area contributed by atoms with Gasteiger partial charge in [-0.2, -0.15) is 0 Å². The molecule has 1 aromatic rings. The Labute approximate surface area is 135 Å². The van der Waals surface area contributed by atoms with Gasteiger partial charge in [0.2, 0.25) is 11.8 Å². The average molecular weight is 321 g/mol. The minimum Gasteiger partial charge on any atom is -0.369 e. The summed E-state index contributed by atoms with van der Waals surface area (Å²) in [6, 6.07) is 7.75. The standard InChI is InChI=1S/C17H21ClN2O2/c18-14-5-3-4-12(8-14)9-17(6-1-2-7-17)16(22)20-10-13(11-20)15(19)21/h3-5,8,13H,1-2,6-7,9-11H2,(H2,19,21). The van der Waals surface area contributed by atoms with E-state index in [0.29, 0.717) is 18.1 Å². The second-order valence-corrected chi connectivity index (χ2v) is 7.04. The van der Waals surface area contributed by atoms with E-state index < -0.39 is 0 Å². The van der Waals surface area contributed by atoms with Crippen LogP contribution < -0.4 is 5.73 Å². The summed E-state index contributed by atoms with van der Waals surface area (Å²) in [6.45, 7) is 0.955. The van der Waals surface area contributed by atoms with E-state index in [1.807, 2.05) is 24.3 Å². The summed E-state index contributed by atoms with van der Waals surface area (Å²) < 4.78 is 0. The zero-order chi connectivity index (χ0) is 15.7. The van der Waals surface area contributed by atoms with Crippen molar-refractivity contribution in [2.45, 2.75) is 32.1 Å².